The van der Waals surface area contributed by atoms with Crippen molar-refractivity contribution in [2.24, 2.45) is 0 Å². The van der Waals surface area contributed by atoms with Gasteiger partial charge in [-0.25, -0.2) is 4.39 Å². The van der Waals surface area contributed by atoms with Crippen molar-refractivity contribution < 1.29 is 4.39 Å². The van der Waals surface area contributed by atoms with Gasteiger partial charge in [0.05, 0.1) is 16.6 Å². The summed E-state index contributed by atoms with van der Waals surface area (Å²) in [5.74, 6) is -0.284. The van der Waals surface area contributed by atoms with Gasteiger partial charge in [-0.2, -0.15) is 0 Å². The number of aromatic amines is 1. The molecule has 0 aliphatic carbocycles. The van der Waals surface area contributed by atoms with Crippen molar-refractivity contribution in [2.75, 3.05) is 5.32 Å². The maximum Gasteiger partial charge on any atom is 0.305 e. The maximum atomic E-state index is 13.3. The summed E-state index contributed by atoms with van der Waals surface area (Å²) in [6.07, 6.45) is 0. The highest BCUT2D eigenvalue weighted by Gasteiger charge is 2.22. The maximum absolute atomic E-state index is 13.3. The summed E-state index contributed by atoms with van der Waals surface area (Å²) in [5.41, 5.74) is 3.56. The molecule has 134 valence electrons. The molecule has 5 heteroatoms. The van der Waals surface area contributed by atoms with E-state index in [1.54, 1.807) is 12.1 Å². The summed E-state index contributed by atoms with van der Waals surface area (Å²) in [4.78, 5) is 16.0. The molecule has 27 heavy (non-hydrogen) atoms. The van der Waals surface area contributed by atoms with Crippen molar-refractivity contribution in [1.29, 1.82) is 0 Å². The molecule has 0 amide bonds. The number of hydrogen-bond donors (Lipinski definition) is 2. The number of hydrogen-bond acceptors (Lipinski definition) is 3. The van der Waals surface area contributed by atoms with Crippen LogP contribution in [0, 0.1) is 5.82 Å². The van der Waals surface area contributed by atoms with Crippen molar-refractivity contribution in [3.8, 4) is 11.3 Å². The van der Waals surface area contributed by atoms with Gasteiger partial charge in [0.15, 0.2) is 0 Å². The zero-order valence-electron chi connectivity index (χ0n) is 14.4. The molecule has 0 aliphatic rings. The van der Waals surface area contributed by atoms with E-state index in [-0.39, 0.29) is 16.7 Å². The van der Waals surface area contributed by atoms with Gasteiger partial charge in [0.1, 0.15) is 5.82 Å². The summed E-state index contributed by atoms with van der Waals surface area (Å²) in [6.45, 7) is 0. The molecule has 1 heterocycles. The highest BCUT2D eigenvalue weighted by Crippen LogP contribution is 2.34. The normalized spacial score (nSPS) is 11.9. The van der Waals surface area contributed by atoms with E-state index in [9.17, 15) is 9.18 Å². The van der Waals surface area contributed by atoms with Crippen LogP contribution in [-0.4, -0.2) is 4.98 Å². The van der Waals surface area contributed by atoms with Crippen LogP contribution in [0.5, 0.6) is 0 Å². The topological polar surface area (TPSA) is 44.9 Å². The van der Waals surface area contributed by atoms with Gasteiger partial charge in [-0.05, 0) is 35.4 Å². The largest absolute Gasteiger partial charge is 0.373 e. The number of H-pyrrole nitrogens is 1. The SMILES string of the molecule is O=c1[nH]c(-c2ccccc2)c(C(Nc2ccc(F)cc2)c2ccccc2)s1. The van der Waals surface area contributed by atoms with Crippen LogP contribution in [0.25, 0.3) is 11.3 Å². The smallest absolute Gasteiger partial charge is 0.305 e. The molecule has 4 aromatic rings. The summed E-state index contributed by atoms with van der Waals surface area (Å²) < 4.78 is 13.3. The lowest BCUT2D eigenvalue weighted by atomic mass is 10.0. The zero-order chi connectivity index (χ0) is 18.6. The Morgan fingerprint density at radius 2 is 1.48 bits per heavy atom. The lowest BCUT2D eigenvalue weighted by Crippen LogP contribution is -2.12. The predicted octanol–water partition coefficient (Wildman–Crippen LogP) is 5.44. The number of benzene rings is 3. The van der Waals surface area contributed by atoms with Crippen molar-refractivity contribution >= 4 is 17.0 Å². The zero-order valence-corrected chi connectivity index (χ0v) is 15.2. The Morgan fingerprint density at radius 1 is 0.852 bits per heavy atom. The first-order chi connectivity index (χ1) is 13.2. The van der Waals surface area contributed by atoms with Crippen LogP contribution in [-0.2, 0) is 0 Å². The highest BCUT2D eigenvalue weighted by molar-refractivity contribution is 7.09. The fourth-order valence-electron chi connectivity index (χ4n) is 3.02. The van der Waals surface area contributed by atoms with Gasteiger partial charge in [-0.15, -0.1) is 0 Å². The second-order valence-corrected chi connectivity index (χ2v) is 7.13. The molecule has 0 aliphatic heterocycles. The predicted molar refractivity (Wildman–Crippen MR) is 109 cm³/mol. The van der Waals surface area contributed by atoms with Crippen LogP contribution in [0.1, 0.15) is 16.5 Å². The van der Waals surface area contributed by atoms with Crippen LogP contribution in [0.4, 0.5) is 10.1 Å². The average Bonchev–Trinajstić information content (AvgIpc) is 3.10. The number of halogens is 1. The van der Waals surface area contributed by atoms with Gasteiger partial charge in [0.25, 0.3) is 0 Å². The molecule has 0 fully saturated rings. The van der Waals surface area contributed by atoms with Gasteiger partial charge in [-0.1, -0.05) is 72.0 Å². The minimum absolute atomic E-state index is 0.106. The highest BCUT2D eigenvalue weighted by atomic mass is 32.1. The summed E-state index contributed by atoms with van der Waals surface area (Å²) in [6, 6.07) is 25.7. The Morgan fingerprint density at radius 3 is 2.15 bits per heavy atom. The van der Waals surface area contributed by atoms with Gasteiger partial charge in [-0.3, -0.25) is 4.79 Å². The molecule has 0 saturated carbocycles. The lowest BCUT2D eigenvalue weighted by Gasteiger charge is -2.20. The summed E-state index contributed by atoms with van der Waals surface area (Å²) in [7, 11) is 0. The summed E-state index contributed by atoms with van der Waals surface area (Å²) >= 11 is 1.19. The van der Waals surface area contributed by atoms with E-state index in [4.69, 9.17) is 0 Å². The standard InChI is InChI=1S/C22H17FN2OS/c23-17-11-13-18(14-12-17)24-19(15-7-3-1-4-8-15)21-20(25-22(26)27-21)16-9-5-2-6-10-16/h1-14,19,24H,(H,25,26). The van der Waals surface area contributed by atoms with Crippen LogP contribution in [0.3, 0.4) is 0 Å². The van der Waals surface area contributed by atoms with Gasteiger partial charge in [0.2, 0.25) is 0 Å². The second-order valence-electron chi connectivity index (χ2n) is 6.11. The summed E-state index contributed by atoms with van der Waals surface area (Å²) in [5, 5.41) is 3.45. The number of aromatic nitrogens is 1. The number of rotatable bonds is 5. The second kappa shape index (κ2) is 7.60. The van der Waals surface area contributed by atoms with Crippen LogP contribution in [0.2, 0.25) is 0 Å². The molecular weight excluding hydrogens is 359 g/mol. The third-order valence-electron chi connectivity index (χ3n) is 4.29. The molecule has 0 saturated heterocycles. The van der Waals surface area contributed by atoms with Gasteiger partial charge in [0, 0.05) is 5.69 Å². The molecule has 0 bridgehead atoms. The van der Waals surface area contributed by atoms with E-state index in [0.29, 0.717) is 0 Å². The third-order valence-corrected chi connectivity index (χ3v) is 5.24. The van der Waals surface area contributed by atoms with E-state index < -0.39 is 0 Å². The fourth-order valence-corrected chi connectivity index (χ4v) is 3.96. The molecule has 2 N–H and O–H groups in total. The van der Waals surface area contributed by atoms with Crippen molar-refractivity contribution in [2.45, 2.75) is 6.04 Å². The number of thiazole rings is 1. The van der Waals surface area contributed by atoms with Crippen molar-refractivity contribution in [3.63, 3.8) is 0 Å². The molecule has 3 nitrogen and oxygen atoms in total. The molecule has 0 spiro atoms. The lowest BCUT2D eigenvalue weighted by molar-refractivity contribution is 0.628. The third kappa shape index (κ3) is 3.83. The first-order valence-corrected chi connectivity index (χ1v) is 9.38. The molecular formula is C22H17FN2OS. The molecule has 0 radical (unpaired) electrons. The Bertz CT molecular complexity index is 1070. The van der Waals surface area contributed by atoms with Crippen molar-refractivity contribution in [3.05, 3.63) is 111 Å². The molecule has 1 aromatic heterocycles. The van der Waals surface area contributed by atoms with Crippen LogP contribution < -0.4 is 10.2 Å². The van der Waals surface area contributed by atoms with Gasteiger partial charge < -0.3 is 10.3 Å². The van der Waals surface area contributed by atoms with E-state index in [0.717, 1.165) is 27.4 Å². The van der Waals surface area contributed by atoms with E-state index >= 15 is 0 Å². The molecule has 3 aromatic carbocycles. The Hall–Kier alpha value is -3.18. The molecule has 1 unspecified atom stereocenters. The monoisotopic (exact) mass is 376 g/mol. The van der Waals surface area contributed by atoms with E-state index in [2.05, 4.69) is 10.3 Å². The number of nitrogens with one attached hydrogen (secondary N) is 2. The minimum Gasteiger partial charge on any atom is -0.373 e. The Labute approximate surface area is 160 Å². The van der Waals surface area contributed by atoms with E-state index in [1.807, 2.05) is 60.7 Å². The molecule has 1 atom stereocenters. The van der Waals surface area contributed by atoms with Crippen LogP contribution >= 0.6 is 11.3 Å². The minimum atomic E-state index is -0.284. The van der Waals surface area contributed by atoms with E-state index in [1.165, 1.54) is 23.5 Å². The quantitative estimate of drug-likeness (QED) is 0.487. The van der Waals surface area contributed by atoms with Crippen molar-refractivity contribution in [1.82, 2.24) is 4.98 Å². The Kier molecular flexibility index (Phi) is 4.85. The van der Waals surface area contributed by atoms with Gasteiger partial charge >= 0.3 is 4.87 Å². The first-order valence-electron chi connectivity index (χ1n) is 8.56. The average molecular weight is 376 g/mol. The molecule has 4 rings (SSSR count). The Balaban J connectivity index is 1.82. The number of anilines is 1. The van der Waals surface area contributed by atoms with Crippen LogP contribution in [0.15, 0.2) is 89.7 Å². The fraction of sp³-hybridized carbons (Fsp3) is 0.0455. The first kappa shape index (κ1) is 17.2.